The normalized spacial score (nSPS) is 12.0. The quantitative estimate of drug-likeness (QED) is 0.273. The summed E-state index contributed by atoms with van der Waals surface area (Å²) >= 11 is 0. The highest BCUT2D eigenvalue weighted by atomic mass is 16.6. The van der Waals surface area contributed by atoms with E-state index in [9.17, 15) is 14.7 Å². The summed E-state index contributed by atoms with van der Waals surface area (Å²) in [7, 11) is 0. The number of carbonyl (C=O) groups excluding carboxylic acids is 2. The Morgan fingerprint density at radius 2 is 1.15 bits per heavy atom. The van der Waals surface area contributed by atoms with Crippen molar-refractivity contribution in [3.8, 4) is 0 Å². The van der Waals surface area contributed by atoms with Crippen molar-refractivity contribution in [3.05, 3.63) is 0 Å². The van der Waals surface area contributed by atoms with Crippen LogP contribution in [-0.2, 0) is 19.1 Å². The highest BCUT2D eigenvalue weighted by Crippen LogP contribution is 2.13. The minimum Gasteiger partial charge on any atom is -0.463 e. The molecule has 0 rings (SSSR count). The second-order valence-corrected chi connectivity index (χ2v) is 7.13. The van der Waals surface area contributed by atoms with Crippen molar-refractivity contribution < 1.29 is 24.2 Å². The van der Waals surface area contributed by atoms with Gasteiger partial charge in [-0.05, 0) is 6.42 Å². The molecule has 0 unspecified atom stereocenters. The lowest BCUT2D eigenvalue weighted by Gasteiger charge is -2.11. The molecule has 0 amide bonds. The Bertz CT molecular complexity index is 343. The fourth-order valence-electron chi connectivity index (χ4n) is 2.81. The predicted octanol–water partition coefficient (Wildman–Crippen LogP) is 4.93. The van der Waals surface area contributed by atoms with Crippen LogP contribution in [0.3, 0.4) is 0 Å². The largest absolute Gasteiger partial charge is 0.463 e. The Balaban J connectivity index is 3.26. The number of esters is 2. The van der Waals surface area contributed by atoms with Gasteiger partial charge in [0.05, 0.1) is 0 Å². The Hall–Kier alpha value is -1.10. The molecule has 154 valence electrons. The van der Waals surface area contributed by atoms with Crippen LogP contribution in [-0.4, -0.2) is 36.4 Å². The maximum absolute atomic E-state index is 11.5. The molecule has 0 radical (unpaired) electrons. The van der Waals surface area contributed by atoms with Crippen molar-refractivity contribution in [1.29, 1.82) is 0 Å². The van der Waals surface area contributed by atoms with E-state index in [0.717, 1.165) is 12.8 Å². The lowest BCUT2D eigenvalue weighted by atomic mass is 10.0. The van der Waals surface area contributed by atoms with Crippen LogP contribution in [0.15, 0.2) is 0 Å². The van der Waals surface area contributed by atoms with E-state index in [1.165, 1.54) is 77.6 Å². The van der Waals surface area contributed by atoms with Crippen molar-refractivity contribution in [2.24, 2.45) is 0 Å². The Morgan fingerprint density at radius 1 is 0.731 bits per heavy atom. The summed E-state index contributed by atoms with van der Waals surface area (Å²) < 4.78 is 9.60. The van der Waals surface area contributed by atoms with Gasteiger partial charge in [0, 0.05) is 13.3 Å². The highest BCUT2D eigenvalue weighted by molar-refractivity contribution is 5.69. The molecule has 0 saturated heterocycles. The molecule has 0 aliphatic carbocycles. The van der Waals surface area contributed by atoms with E-state index >= 15 is 0 Å². The third-order valence-corrected chi connectivity index (χ3v) is 4.40. The number of rotatable bonds is 18. The molecule has 1 atom stereocenters. The second-order valence-electron chi connectivity index (χ2n) is 7.13. The summed E-state index contributed by atoms with van der Waals surface area (Å²) in [5.41, 5.74) is 0. The van der Waals surface area contributed by atoms with Gasteiger partial charge in [-0.1, -0.05) is 84.0 Å². The molecule has 5 nitrogen and oxygen atoms in total. The highest BCUT2D eigenvalue weighted by Gasteiger charge is 2.10. The van der Waals surface area contributed by atoms with Gasteiger partial charge in [0.2, 0.25) is 0 Å². The van der Waals surface area contributed by atoms with E-state index in [1.807, 2.05) is 0 Å². The number of aliphatic hydroxyl groups is 1. The van der Waals surface area contributed by atoms with Gasteiger partial charge in [0.25, 0.3) is 0 Å². The molecule has 0 aromatic heterocycles. The molecule has 0 fully saturated rings. The monoisotopic (exact) mass is 372 g/mol. The summed E-state index contributed by atoms with van der Waals surface area (Å²) in [4.78, 5) is 22.1. The van der Waals surface area contributed by atoms with E-state index in [4.69, 9.17) is 4.74 Å². The topological polar surface area (TPSA) is 72.8 Å². The maximum Gasteiger partial charge on any atom is 0.305 e. The zero-order chi connectivity index (χ0) is 19.5. The summed E-state index contributed by atoms with van der Waals surface area (Å²) in [6.45, 7) is 3.26. The summed E-state index contributed by atoms with van der Waals surface area (Å²) in [6, 6.07) is 0. The third-order valence-electron chi connectivity index (χ3n) is 4.40. The number of ether oxygens (including phenoxy) is 2. The average molecular weight is 373 g/mol. The first-order valence-electron chi connectivity index (χ1n) is 10.5. The van der Waals surface area contributed by atoms with Crippen molar-refractivity contribution in [1.82, 2.24) is 0 Å². The van der Waals surface area contributed by atoms with Crippen LogP contribution in [0.4, 0.5) is 0 Å². The SMILES string of the molecule is CCCCCCCCCCCCCCCC(=O)OC[C@@H](O)COC(C)=O. The number of aliphatic hydroxyl groups excluding tert-OH is 1. The standard InChI is InChI=1S/C21H40O5/c1-3-4-5-6-7-8-9-10-11-12-13-14-15-16-21(24)26-18-20(23)17-25-19(2)22/h20,23H,3-18H2,1-2H3/t20-/m0/s1. The Labute approximate surface area is 159 Å². The van der Waals surface area contributed by atoms with Crippen LogP contribution in [0.1, 0.15) is 104 Å². The molecular formula is C21H40O5. The van der Waals surface area contributed by atoms with E-state index < -0.39 is 12.1 Å². The first-order valence-corrected chi connectivity index (χ1v) is 10.5. The van der Waals surface area contributed by atoms with Crippen molar-refractivity contribution in [2.45, 2.75) is 110 Å². The van der Waals surface area contributed by atoms with Crippen molar-refractivity contribution in [2.75, 3.05) is 13.2 Å². The summed E-state index contributed by atoms with van der Waals surface area (Å²) in [5.74, 6) is -0.753. The molecule has 5 heteroatoms. The number of carbonyl (C=O) groups is 2. The van der Waals surface area contributed by atoms with E-state index in [2.05, 4.69) is 11.7 Å². The molecule has 0 spiro atoms. The number of unbranched alkanes of at least 4 members (excludes halogenated alkanes) is 12. The van der Waals surface area contributed by atoms with E-state index in [0.29, 0.717) is 6.42 Å². The first-order chi connectivity index (χ1) is 12.6. The van der Waals surface area contributed by atoms with Gasteiger partial charge in [0.15, 0.2) is 0 Å². The van der Waals surface area contributed by atoms with Gasteiger partial charge >= 0.3 is 11.9 Å². The van der Waals surface area contributed by atoms with Gasteiger partial charge < -0.3 is 14.6 Å². The summed E-state index contributed by atoms with van der Waals surface area (Å²) in [5, 5.41) is 9.48. The molecular weight excluding hydrogens is 332 g/mol. The fourth-order valence-corrected chi connectivity index (χ4v) is 2.81. The molecule has 0 bridgehead atoms. The molecule has 1 N–H and O–H groups in total. The smallest absolute Gasteiger partial charge is 0.305 e. The van der Waals surface area contributed by atoms with Crippen molar-refractivity contribution in [3.63, 3.8) is 0 Å². The number of hydrogen-bond donors (Lipinski definition) is 1. The molecule has 0 heterocycles. The lowest BCUT2D eigenvalue weighted by molar-refractivity contribution is -0.151. The number of hydrogen-bond acceptors (Lipinski definition) is 5. The van der Waals surface area contributed by atoms with Gasteiger partial charge in [-0.25, -0.2) is 0 Å². The Kier molecular flexibility index (Phi) is 17.9. The molecule has 0 aliphatic heterocycles. The van der Waals surface area contributed by atoms with E-state index in [1.54, 1.807) is 0 Å². The maximum atomic E-state index is 11.5. The zero-order valence-corrected chi connectivity index (χ0v) is 17.0. The molecule has 26 heavy (non-hydrogen) atoms. The second kappa shape index (κ2) is 18.7. The van der Waals surface area contributed by atoms with Crippen LogP contribution in [0, 0.1) is 0 Å². The van der Waals surface area contributed by atoms with E-state index in [-0.39, 0.29) is 19.2 Å². The van der Waals surface area contributed by atoms with Gasteiger partial charge in [-0.15, -0.1) is 0 Å². The van der Waals surface area contributed by atoms with Gasteiger partial charge in [-0.3, -0.25) is 9.59 Å². The summed E-state index contributed by atoms with van der Waals surface area (Å²) in [6.07, 6.45) is 15.9. The van der Waals surface area contributed by atoms with Crippen LogP contribution in [0.2, 0.25) is 0 Å². The minimum absolute atomic E-state index is 0.120. The molecule has 0 aromatic rings. The van der Waals surface area contributed by atoms with Crippen LogP contribution >= 0.6 is 0 Å². The Morgan fingerprint density at radius 3 is 1.62 bits per heavy atom. The average Bonchev–Trinajstić information content (AvgIpc) is 2.62. The predicted molar refractivity (Wildman–Crippen MR) is 104 cm³/mol. The van der Waals surface area contributed by atoms with Crippen LogP contribution < -0.4 is 0 Å². The molecule has 0 saturated carbocycles. The van der Waals surface area contributed by atoms with Crippen LogP contribution in [0.5, 0.6) is 0 Å². The molecule has 0 aromatic carbocycles. The van der Waals surface area contributed by atoms with Crippen molar-refractivity contribution >= 4 is 11.9 Å². The zero-order valence-electron chi connectivity index (χ0n) is 17.0. The van der Waals surface area contributed by atoms with Gasteiger partial charge in [-0.2, -0.15) is 0 Å². The first kappa shape index (κ1) is 24.9. The molecule has 0 aliphatic rings. The van der Waals surface area contributed by atoms with Crippen LogP contribution in [0.25, 0.3) is 0 Å². The fraction of sp³-hybridized carbons (Fsp3) is 0.905. The minimum atomic E-state index is -0.950. The van der Waals surface area contributed by atoms with Gasteiger partial charge in [0.1, 0.15) is 19.3 Å². The third kappa shape index (κ3) is 19.2. The lowest BCUT2D eigenvalue weighted by Crippen LogP contribution is -2.24.